The van der Waals surface area contributed by atoms with Crippen LogP contribution in [-0.2, 0) is 16.0 Å². The summed E-state index contributed by atoms with van der Waals surface area (Å²) < 4.78 is 28.4. The summed E-state index contributed by atoms with van der Waals surface area (Å²) in [4.78, 5) is 42.4. The third kappa shape index (κ3) is 5.09. The number of nitrogens with one attached hydrogen (secondary N) is 2. The van der Waals surface area contributed by atoms with Crippen molar-refractivity contribution in [2.75, 3.05) is 18.5 Å². The number of ether oxygens (including phenoxy) is 2. The molecule has 3 aromatic heterocycles. The lowest BCUT2D eigenvalue weighted by atomic mass is 10.0. The number of carboxylic acid groups (broad SMARTS) is 1. The van der Waals surface area contributed by atoms with Gasteiger partial charge >= 0.3 is 12.2 Å². The van der Waals surface area contributed by atoms with Gasteiger partial charge in [-0.15, -0.1) is 0 Å². The fourth-order valence-electron chi connectivity index (χ4n) is 4.76. The highest BCUT2D eigenvalue weighted by Gasteiger charge is 2.40. The van der Waals surface area contributed by atoms with Crippen molar-refractivity contribution in [3.63, 3.8) is 0 Å². The van der Waals surface area contributed by atoms with Crippen LogP contribution in [0, 0.1) is 12.7 Å². The number of fused-ring (bicyclic) bond motifs is 2. The quantitative estimate of drug-likeness (QED) is 0.452. The molecule has 206 valence electrons. The van der Waals surface area contributed by atoms with E-state index in [2.05, 4.69) is 20.7 Å². The second kappa shape index (κ2) is 9.80. The average molecular weight is 541 g/mol. The molecule has 0 aromatic carbocycles. The zero-order valence-corrected chi connectivity index (χ0v) is 21.9. The molecule has 3 amide bonds. The van der Waals surface area contributed by atoms with Gasteiger partial charge in [-0.3, -0.25) is 4.79 Å². The maximum absolute atomic E-state index is 15.9. The Hall–Kier alpha value is -4.26. The number of anilines is 1. The van der Waals surface area contributed by atoms with Crippen LogP contribution in [0.25, 0.3) is 16.8 Å². The molecule has 0 spiro atoms. The fraction of sp³-hybridized carbons (Fsp3) is 0.423. The number of carbonyl (C=O) groups is 3. The minimum absolute atomic E-state index is 0.0781. The number of rotatable bonds is 4. The average Bonchev–Trinajstić information content (AvgIpc) is 3.42. The lowest BCUT2D eigenvalue weighted by Crippen LogP contribution is -2.53. The molecule has 2 atom stereocenters. The van der Waals surface area contributed by atoms with Crippen LogP contribution >= 0.6 is 0 Å². The second-order valence-corrected chi connectivity index (χ2v) is 10.6. The standard InChI is InChI=1S/C26H29FN6O6/c1-13-5-7-33-18(9-13)14(10-28-33)21-19-15(11-32(23(19)34)25(36)37)20(27)22(31-21)29-16-6-8-38-12-17(16)30-24(35)39-26(2,3)4/h5,7,9-10,16-17H,6,8,11-12H2,1-4H3,(H,29,31)(H,30,35)(H,36,37)/t16-,17+/m1/s1. The minimum Gasteiger partial charge on any atom is -0.465 e. The number of alkyl carbamates (subject to hydrolysis) is 1. The third-order valence-corrected chi connectivity index (χ3v) is 6.55. The van der Waals surface area contributed by atoms with Gasteiger partial charge < -0.3 is 25.2 Å². The molecule has 0 aliphatic carbocycles. The highest BCUT2D eigenvalue weighted by atomic mass is 19.1. The first-order chi connectivity index (χ1) is 18.4. The molecule has 13 heteroatoms. The lowest BCUT2D eigenvalue weighted by molar-refractivity contribution is 0.0317. The summed E-state index contributed by atoms with van der Waals surface area (Å²) in [6.45, 7) is 7.20. The number of halogens is 1. The topological polar surface area (TPSA) is 147 Å². The number of nitrogens with zero attached hydrogens (tertiary/aromatic N) is 4. The Morgan fingerprint density at radius 3 is 2.77 bits per heavy atom. The summed E-state index contributed by atoms with van der Waals surface area (Å²) in [7, 11) is 0. The molecular formula is C26H29FN6O6. The second-order valence-electron chi connectivity index (χ2n) is 10.6. The summed E-state index contributed by atoms with van der Waals surface area (Å²) in [6, 6.07) is 2.65. The zero-order valence-electron chi connectivity index (χ0n) is 21.9. The molecule has 3 N–H and O–H groups in total. The van der Waals surface area contributed by atoms with Crippen molar-refractivity contribution >= 4 is 29.4 Å². The summed E-state index contributed by atoms with van der Waals surface area (Å²) in [6.07, 6.45) is 1.55. The molecule has 5 heterocycles. The van der Waals surface area contributed by atoms with E-state index in [1.807, 2.05) is 19.1 Å². The van der Waals surface area contributed by atoms with Crippen LogP contribution in [0.1, 0.15) is 48.7 Å². The van der Waals surface area contributed by atoms with Gasteiger partial charge in [0.15, 0.2) is 11.6 Å². The summed E-state index contributed by atoms with van der Waals surface area (Å²) in [5.74, 6) is -1.85. The van der Waals surface area contributed by atoms with E-state index in [9.17, 15) is 19.5 Å². The van der Waals surface area contributed by atoms with E-state index < -0.39 is 48.1 Å². The summed E-state index contributed by atoms with van der Waals surface area (Å²) in [5.41, 5.74) is 1.22. The van der Waals surface area contributed by atoms with E-state index in [-0.39, 0.29) is 29.2 Å². The SMILES string of the molecule is Cc1ccn2ncc(-c3nc(N[C@@H]4CCOC[C@@H]4NC(=O)OC(C)(C)C)c(F)c4c3C(=O)N(C(=O)O)C4)c2c1. The van der Waals surface area contributed by atoms with Crippen LogP contribution in [0.3, 0.4) is 0 Å². The first-order valence-electron chi connectivity index (χ1n) is 12.5. The number of hydrogen-bond donors (Lipinski definition) is 3. The van der Waals surface area contributed by atoms with Gasteiger partial charge in [0, 0.05) is 23.9 Å². The zero-order chi connectivity index (χ0) is 28.1. The normalized spacial score (nSPS) is 19.2. The fourth-order valence-corrected chi connectivity index (χ4v) is 4.76. The van der Waals surface area contributed by atoms with Crippen molar-refractivity contribution in [3.05, 3.63) is 47.0 Å². The number of hydrogen-bond acceptors (Lipinski definition) is 8. The van der Waals surface area contributed by atoms with Gasteiger partial charge in [0.2, 0.25) is 0 Å². The number of imide groups is 1. The van der Waals surface area contributed by atoms with Gasteiger partial charge in [-0.25, -0.2) is 28.4 Å². The number of amides is 3. The first-order valence-corrected chi connectivity index (χ1v) is 12.5. The largest absolute Gasteiger partial charge is 0.465 e. The Bertz CT molecular complexity index is 1480. The molecule has 2 aliphatic heterocycles. The molecule has 1 saturated heterocycles. The molecule has 39 heavy (non-hydrogen) atoms. The number of pyridine rings is 2. The summed E-state index contributed by atoms with van der Waals surface area (Å²) >= 11 is 0. The monoisotopic (exact) mass is 540 g/mol. The van der Waals surface area contributed by atoms with Crippen molar-refractivity contribution in [1.29, 1.82) is 0 Å². The molecule has 5 rings (SSSR count). The van der Waals surface area contributed by atoms with Gasteiger partial charge in [0.05, 0.1) is 48.2 Å². The molecular weight excluding hydrogens is 511 g/mol. The van der Waals surface area contributed by atoms with Crippen molar-refractivity contribution in [3.8, 4) is 11.3 Å². The van der Waals surface area contributed by atoms with Crippen LogP contribution in [0.15, 0.2) is 24.5 Å². The Labute approximate surface area is 223 Å². The van der Waals surface area contributed by atoms with Crippen LogP contribution in [-0.4, -0.2) is 73.6 Å². The van der Waals surface area contributed by atoms with Gasteiger partial charge in [-0.2, -0.15) is 5.10 Å². The number of aryl methyl sites for hydroxylation is 1. The van der Waals surface area contributed by atoms with E-state index in [1.165, 1.54) is 6.20 Å². The molecule has 2 aliphatic rings. The highest BCUT2D eigenvalue weighted by Crippen LogP contribution is 2.38. The lowest BCUT2D eigenvalue weighted by Gasteiger charge is -2.33. The predicted molar refractivity (Wildman–Crippen MR) is 137 cm³/mol. The van der Waals surface area contributed by atoms with Gasteiger partial charge in [-0.1, -0.05) is 0 Å². The number of aromatic nitrogens is 3. The molecule has 0 saturated carbocycles. The van der Waals surface area contributed by atoms with E-state index >= 15 is 4.39 Å². The van der Waals surface area contributed by atoms with Crippen molar-refractivity contribution in [2.24, 2.45) is 0 Å². The van der Waals surface area contributed by atoms with Crippen molar-refractivity contribution < 1.29 is 33.4 Å². The van der Waals surface area contributed by atoms with Crippen molar-refractivity contribution in [2.45, 2.75) is 58.3 Å². The van der Waals surface area contributed by atoms with Gasteiger partial charge in [0.1, 0.15) is 5.60 Å². The predicted octanol–water partition coefficient (Wildman–Crippen LogP) is 3.57. The molecule has 0 radical (unpaired) electrons. The van der Waals surface area contributed by atoms with E-state index in [1.54, 1.807) is 31.5 Å². The van der Waals surface area contributed by atoms with E-state index in [0.29, 0.717) is 29.0 Å². The Morgan fingerprint density at radius 1 is 1.28 bits per heavy atom. The maximum atomic E-state index is 15.9. The first kappa shape index (κ1) is 26.4. The van der Waals surface area contributed by atoms with Crippen LogP contribution in [0.2, 0.25) is 0 Å². The van der Waals surface area contributed by atoms with Gasteiger partial charge in [0.25, 0.3) is 5.91 Å². The summed E-state index contributed by atoms with van der Waals surface area (Å²) in [5, 5.41) is 19.7. The molecule has 0 bridgehead atoms. The smallest absolute Gasteiger partial charge is 0.414 e. The minimum atomic E-state index is -1.49. The number of carbonyl (C=O) groups excluding carboxylic acids is 2. The Kier molecular flexibility index (Phi) is 6.62. The van der Waals surface area contributed by atoms with Crippen LogP contribution < -0.4 is 10.6 Å². The molecule has 0 unspecified atom stereocenters. The van der Waals surface area contributed by atoms with E-state index in [0.717, 1.165) is 5.56 Å². The van der Waals surface area contributed by atoms with Crippen LogP contribution in [0.5, 0.6) is 0 Å². The maximum Gasteiger partial charge on any atom is 0.414 e. The van der Waals surface area contributed by atoms with Crippen molar-refractivity contribution in [1.82, 2.24) is 24.8 Å². The molecule has 12 nitrogen and oxygen atoms in total. The van der Waals surface area contributed by atoms with E-state index in [4.69, 9.17) is 9.47 Å². The third-order valence-electron chi connectivity index (χ3n) is 6.55. The molecule has 3 aromatic rings. The Morgan fingerprint density at radius 2 is 2.05 bits per heavy atom. The highest BCUT2D eigenvalue weighted by molar-refractivity contribution is 6.10. The van der Waals surface area contributed by atoms with Crippen LogP contribution in [0.4, 0.5) is 19.8 Å². The molecule has 1 fully saturated rings. The Balaban J connectivity index is 1.56. The van der Waals surface area contributed by atoms with Gasteiger partial charge in [-0.05, 0) is 51.8 Å².